The summed E-state index contributed by atoms with van der Waals surface area (Å²) in [7, 11) is 1.78. The number of nitrogens with zero attached hydrogens (tertiary/aromatic N) is 1. The topological polar surface area (TPSA) is 58.8 Å². The Bertz CT molecular complexity index is 648. The molecule has 5 nitrogen and oxygen atoms in total. The van der Waals surface area contributed by atoms with Gasteiger partial charge in [0.15, 0.2) is 5.96 Å². The molecule has 2 N–H and O–H groups in total. The number of guanidine groups is 1. The normalized spacial score (nSPS) is 14.5. The van der Waals surface area contributed by atoms with E-state index in [2.05, 4.69) is 21.7 Å². The molecule has 1 aromatic carbocycles. The molecule has 128 valence electrons. The molecule has 0 atom stereocenters. The highest BCUT2D eigenvalue weighted by Gasteiger charge is 2.22. The van der Waals surface area contributed by atoms with E-state index in [1.807, 2.05) is 30.3 Å². The Morgan fingerprint density at radius 3 is 2.83 bits per heavy atom. The second-order valence-electron chi connectivity index (χ2n) is 6.04. The van der Waals surface area contributed by atoms with Crippen molar-refractivity contribution < 1.29 is 9.15 Å². The molecule has 0 aliphatic heterocycles. The molecule has 24 heavy (non-hydrogen) atoms. The molecule has 0 unspecified atom stereocenters. The van der Waals surface area contributed by atoms with Gasteiger partial charge in [-0.15, -0.1) is 0 Å². The van der Waals surface area contributed by atoms with Gasteiger partial charge in [-0.2, -0.15) is 0 Å². The van der Waals surface area contributed by atoms with Gasteiger partial charge in [0.2, 0.25) is 0 Å². The minimum absolute atomic E-state index is 0.682. The molecule has 1 aliphatic carbocycles. The van der Waals surface area contributed by atoms with Crippen molar-refractivity contribution in [2.75, 3.05) is 20.2 Å². The lowest BCUT2D eigenvalue weighted by Crippen LogP contribution is -2.37. The highest BCUT2D eigenvalue weighted by atomic mass is 16.5. The summed E-state index contributed by atoms with van der Waals surface area (Å²) in [5.41, 5.74) is 1.15. The van der Waals surface area contributed by atoms with E-state index >= 15 is 0 Å². The van der Waals surface area contributed by atoms with E-state index in [0.717, 1.165) is 48.5 Å². The summed E-state index contributed by atoms with van der Waals surface area (Å²) < 4.78 is 11.3. The van der Waals surface area contributed by atoms with E-state index in [1.54, 1.807) is 13.3 Å². The quantitative estimate of drug-likeness (QED) is 0.578. The van der Waals surface area contributed by atoms with Crippen LogP contribution in [0.4, 0.5) is 0 Å². The Morgan fingerprint density at radius 2 is 2.08 bits per heavy atom. The maximum atomic E-state index is 5.94. The Labute approximate surface area is 143 Å². The molecule has 0 radical (unpaired) electrons. The van der Waals surface area contributed by atoms with Crippen molar-refractivity contribution >= 4 is 5.96 Å². The number of ether oxygens (including phenoxy) is 1. The maximum absolute atomic E-state index is 5.94. The summed E-state index contributed by atoms with van der Waals surface area (Å²) in [6.45, 7) is 2.28. The standard InChI is InChI=1S/C19H25N3O2/c1-20-19(21-11-10-17-6-4-12-23-17)22-13-16-5-2-3-7-18(16)24-14-15-8-9-15/h2-7,12,15H,8-11,13-14H2,1H3,(H2,20,21,22). The Kier molecular flexibility index (Phi) is 5.77. The second kappa shape index (κ2) is 8.43. The third-order valence-electron chi connectivity index (χ3n) is 4.06. The van der Waals surface area contributed by atoms with Gasteiger partial charge < -0.3 is 19.8 Å². The minimum atomic E-state index is 0.682. The summed E-state index contributed by atoms with van der Waals surface area (Å²) >= 11 is 0. The van der Waals surface area contributed by atoms with Crippen LogP contribution < -0.4 is 15.4 Å². The van der Waals surface area contributed by atoms with Crippen LogP contribution in [0, 0.1) is 5.92 Å². The van der Waals surface area contributed by atoms with Crippen LogP contribution in [0.3, 0.4) is 0 Å². The Morgan fingerprint density at radius 1 is 1.21 bits per heavy atom. The molecule has 1 saturated carbocycles. The van der Waals surface area contributed by atoms with E-state index < -0.39 is 0 Å². The predicted octanol–water partition coefficient (Wildman–Crippen LogP) is 2.98. The second-order valence-corrected chi connectivity index (χ2v) is 6.04. The van der Waals surface area contributed by atoms with Gasteiger partial charge in [-0.3, -0.25) is 4.99 Å². The SMILES string of the molecule is CN=C(NCCc1ccco1)NCc1ccccc1OCC1CC1. The lowest BCUT2D eigenvalue weighted by atomic mass is 10.2. The largest absolute Gasteiger partial charge is 0.493 e. The van der Waals surface area contributed by atoms with Crippen molar-refractivity contribution in [3.63, 3.8) is 0 Å². The zero-order chi connectivity index (χ0) is 16.6. The van der Waals surface area contributed by atoms with E-state index in [-0.39, 0.29) is 0 Å². The van der Waals surface area contributed by atoms with E-state index in [1.165, 1.54) is 12.8 Å². The molecule has 0 amide bonds. The molecule has 5 heteroatoms. The monoisotopic (exact) mass is 327 g/mol. The van der Waals surface area contributed by atoms with Gasteiger partial charge >= 0.3 is 0 Å². The van der Waals surface area contributed by atoms with Crippen LogP contribution >= 0.6 is 0 Å². The summed E-state index contributed by atoms with van der Waals surface area (Å²) in [5, 5.41) is 6.63. The van der Waals surface area contributed by atoms with Crippen LogP contribution in [0.1, 0.15) is 24.2 Å². The average molecular weight is 327 g/mol. The predicted molar refractivity (Wildman–Crippen MR) is 95.3 cm³/mol. The zero-order valence-electron chi connectivity index (χ0n) is 14.1. The van der Waals surface area contributed by atoms with Gasteiger partial charge in [-0.1, -0.05) is 18.2 Å². The van der Waals surface area contributed by atoms with Gasteiger partial charge in [0.05, 0.1) is 12.9 Å². The Hall–Kier alpha value is -2.43. The Balaban J connectivity index is 1.46. The van der Waals surface area contributed by atoms with Crippen LogP contribution in [-0.2, 0) is 13.0 Å². The van der Waals surface area contributed by atoms with Gasteiger partial charge in [-0.25, -0.2) is 0 Å². The summed E-state index contributed by atoms with van der Waals surface area (Å²) in [4.78, 5) is 4.26. The number of rotatable bonds is 8. The van der Waals surface area contributed by atoms with Gasteiger partial charge in [0, 0.05) is 32.1 Å². The van der Waals surface area contributed by atoms with Crippen LogP contribution in [0.15, 0.2) is 52.1 Å². The lowest BCUT2D eigenvalue weighted by molar-refractivity contribution is 0.296. The maximum Gasteiger partial charge on any atom is 0.191 e. The molecule has 1 heterocycles. The van der Waals surface area contributed by atoms with Crippen molar-refractivity contribution in [3.05, 3.63) is 54.0 Å². The number of aliphatic imine (C=N–C) groups is 1. The van der Waals surface area contributed by atoms with Crippen molar-refractivity contribution in [2.45, 2.75) is 25.8 Å². The molecule has 3 rings (SSSR count). The number of para-hydroxylation sites is 1. The van der Waals surface area contributed by atoms with Crippen LogP contribution in [-0.4, -0.2) is 26.2 Å². The molecule has 0 spiro atoms. The summed E-state index contributed by atoms with van der Waals surface area (Å²) in [6, 6.07) is 12.1. The molecular weight excluding hydrogens is 302 g/mol. The number of hydrogen-bond acceptors (Lipinski definition) is 3. The van der Waals surface area contributed by atoms with Gasteiger partial charge in [-0.05, 0) is 37.0 Å². The lowest BCUT2D eigenvalue weighted by Gasteiger charge is -2.14. The van der Waals surface area contributed by atoms with Gasteiger partial charge in [0.1, 0.15) is 11.5 Å². The fourth-order valence-corrected chi connectivity index (χ4v) is 2.44. The summed E-state index contributed by atoms with van der Waals surface area (Å²) in [6.07, 6.45) is 5.12. The molecule has 2 aromatic rings. The van der Waals surface area contributed by atoms with Crippen molar-refractivity contribution in [3.8, 4) is 5.75 Å². The van der Waals surface area contributed by atoms with E-state index in [9.17, 15) is 0 Å². The molecule has 1 aromatic heterocycles. The average Bonchev–Trinajstić information content (AvgIpc) is 3.30. The van der Waals surface area contributed by atoms with Crippen LogP contribution in [0.2, 0.25) is 0 Å². The fraction of sp³-hybridized carbons (Fsp3) is 0.421. The molecule has 1 fully saturated rings. The first-order chi connectivity index (χ1) is 11.8. The smallest absolute Gasteiger partial charge is 0.191 e. The van der Waals surface area contributed by atoms with Crippen LogP contribution in [0.25, 0.3) is 0 Å². The third-order valence-corrected chi connectivity index (χ3v) is 4.06. The molecular formula is C19H25N3O2. The zero-order valence-corrected chi connectivity index (χ0v) is 14.1. The highest BCUT2D eigenvalue weighted by Crippen LogP contribution is 2.30. The first kappa shape index (κ1) is 16.4. The molecule has 0 bridgehead atoms. The number of benzene rings is 1. The van der Waals surface area contributed by atoms with Crippen molar-refractivity contribution in [2.24, 2.45) is 10.9 Å². The number of furan rings is 1. The number of hydrogen-bond donors (Lipinski definition) is 2. The number of nitrogens with one attached hydrogen (secondary N) is 2. The third kappa shape index (κ3) is 5.05. The molecule has 0 saturated heterocycles. The van der Waals surface area contributed by atoms with Crippen molar-refractivity contribution in [1.29, 1.82) is 0 Å². The van der Waals surface area contributed by atoms with E-state index in [0.29, 0.717) is 6.54 Å². The molecule has 1 aliphatic rings. The highest BCUT2D eigenvalue weighted by molar-refractivity contribution is 5.79. The van der Waals surface area contributed by atoms with Crippen LogP contribution in [0.5, 0.6) is 5.75 Å². The summed E-state index contributed by atoms with van der Waals surface area (Å²) in [5.74, 6) is 3.46. The fourth-order valence-electron chi connectivity index (χ4n) is 2.44. The first-order valence-corrected chi connectivity index (χ1v) is 8.53. The first-order valence-electron chi connectivity index (χ1n) is 8.53. The van der Waals surface area contributed by atoms with Crippen molar-refractivity contribution in [1.82, 2.24) is 10.6 Å². The van der Waals surface area contributed by atoms with Gasteiger partial charge in [0.25, 0.3) is 0 Å². The van der Waals surface area contributed by atoms with E-state index in [4.69, 9.17) is 9.15 Å². The minimum Gasteiger partial charge on any atom is -0.493 e.